The molecule has 0 aliphatic carbocycles. The summed E-state index contributed by atoms with van der Waals surface area (Å²) in [5.74, 6) is 0.542. The highest BCUT2D eigenvalue weighted by Crippen LogP contribution is 2.24. The average molecular weight is 343 g/mol. The lowest BCUT2D eigenvalue weighted by molar-refractivity contribution is -0.0121. The molecule has 0 aromatic heterocycles. The average Bonchev–Trinajstić information content (AvgIpc) is 2.59. The summed E-state index contributed by atoms with van der Waals surface area (Å²) in [4.78, 5) is 0.271. The molecule has 23 heavy (non-hydrogen) atoms. The summed E-state index contributed by atoms with van der Waals surface area (Å²) in [6.07, 6.45) is 1.51. The third-order valence-corrected chi connectivity index (χ3v) is 5.76. The van der Waals surface area contributed by atoms with E-state index < -0.39 is 10.0 Å². The molecule has 1 aromatic rings. The quantitative estimate of drug-likeness (QED) is 0.675. The number of nitrogens with zero attached hydrogens (tertiary/aromatic N) is 1. The number of piperidine rings is 1. The second kappa shape index (κ2) is 8.63. The van der Waals surface area contributed by atoms with Crippen molar-refractivity contribution < 1.29 is 22.6 Å². The van der Waals surface area contributed by atoms with Crippen molar-refractivity contribution in [3.63, 3.8) is 0 Å². The third kappa shape index (κ3) is 4.91. The number of methoxy groups -OCH3 is 1. The highest BCUT2D eigenvalue weighted by Gasteiger charge is 2.29. The SMILES string of the molecule is CCOCCOC1CCN(S(=O)(=O)c2cccc(OC)c2)CC1. The highest BCUT2D eigenvalue weighted by atomic mass is 32.2. The molecule has 0 N–H and O–H groups in total. The molecule has 1 aliphatic heterocycles. The topological polar surface area (TPSA) is 65.1 Å². The molecule has 1 fully saturated rings. The van der Waals surface area contributed by atoms with Crippen LogP contribution in [0, 0.1) is 0 Å². The van der Waals surface area contributed by atoms with E-state index in [1.54, 1.807) is 24.3 Å². The van der Waals surface area contributed by atoms with Crippen molar-refractivity contribution >= 4 is 10.0 Å². The van der Waals surface area contributed by atoms with E-state index in [1.807, 2.05) is 6.92 Å². The molecule has 6 nitrogen and oxygen atoms in total. The molecule has 0 atom stereocenters. The van der Waals surface area contributed by atoms with Crippen LogP contribution in [0.5, 0.6) is 5.75 Å². The van der Waals surface area contributed by atoms with Crippen molar-refractivity contribution in [2.24, 2.45) is 0 Å². The van der Waals surface area contributed by atoms with Crippen molar-refractivity contribution in [1.82, 2.24) is 4.31 Å². The first-order valence-corrected chi connectivity index (χ1v) is 9.35. The van der Waals surface area contributed by atoms with Crippen molar-refractivity contribution in [1.29, 1.82) is 0 Å². The molecule has 1 heterocycles. The van der Waals surface area contributed by atoms with Crippen molar-refractivity contribution in [2.75, 3.05) is 40.0 Å². The zero-order valence-electron chi connectivity index (χ0n) is 13.7. The van der Waals surface area contributed by atoms with Gasteiger partial charge in [-0.05, 0) is 31.9 Å². The van der Waals surface area contributed by atoms with Gasteiger partial charge in [0, 0.05) is 25.8 Å². The Hall–Kier alpha value is -1.15. The maximum atomic E-state index is 12.7. The van der Waals surface area contributed by atoms with Crippen LogP contribution in [0.15, 0.2) is 29.2 Å². The largest absolute Gasteiger partial charge is 0.497 e. The lowest BCUT2D eigenvalue weighted by Gasteiger charge is -2.31. The van der Waals surface area contributed by atoms with Gasteiger partial charge in [-0.3, -0.25) is 0 Å². The van der Waals surface area contributed by atoms with Gasteiger partial charge in [0.15, 0.2) is 0 Å². The second-order valence-electron chi connectivity index (χ2n) is 5.35. The van der Waals surface area contributed by atoms with E-state index in [1.165, 1.54) is 11.4 Å². The molecule has 130 valence electrons. The summed E-state index contributed by atoms with van der Waals surface area (Å²) in [6, 6.07) is 6.58. The number of hydrogen-bond acceptors (Lipinski definition) is 5. The molecule has 0 amide bonds. The maximum absolute atomic E-state index is 12.7. The number of benzene rings is 1. The zero-order valence-corrected chi connectivity index (χ0v) is 14.5. The smallest absolute Gasteiger partial charge is 0.243 e. The minimum Gasteiger partial charge on any atom is -0.497 e. The molecule has 0 radical (unpaired) electrons. The van der Waals surface area contributed by atoms with Gasteiger partial charge in [0.1, 0.15) is 5.75 Å². The highest BCUT2D eigenvalue weighted by molar-refractivity contribution is 7.89. The van der Waals surface area contributed by atoms with Crippen LogP contribution in [0.2, 0.25) is 0 Å². The molecular weight excluding hydrogens is 318 g/mol. The number of rotatable bonds is 8. The maximum Gasteiger partial charge on any atom is 0.243 e. The lowest BCUT2D eigenvalue weighted by atomic mass is 10.1. The van der Waals surface area contributed by atoms with Crippen LogP contribution in [0.25, 0.3) is 0 Å². The van der Waals surface area contributed by atoms with Crippen molar-refractivity contribution in [3.05, 3.63) is 24.3 Å². The zero-order chi connectivity index (χ0) is 16.7. The summed E-state index contributed by atoms with van der Waals surface area (Å²) in [6.45, 7) is 4.71. The molecule has 0 unspecified atom stereocenters. The van der Waals surface area contributed by atoms with E-state index in [9.17, 15) is 8.42 Å². The van der Waals surface area contributed by atoms with E-state index in [-0.39, 0.29) is 11.0 Å². The van der Waals surface area contributed by atoms with Crippen LogP contribution in [0.1, 0.15) is 19.8 Å². The van der Waals surface area contributed by atoms with Gasteiger partial charge < -0.3 is 14.2 Å². The minimum absolute atomic E-state index is 0.104. The normalized spacial score (nSPS) is 17.3. The molecule has 1 aromatic carbocycles. The predicted molar refractivity (Wildman–Crippen MR) is 87.2 cm³/mol. The molecule has 0 spiro atoms. The van der Waals surface area contributed by atoms with Gasteiger partial charge in [-0.1, -0.05) is 6.07 Å². The molecule has 1 saturated heterocycles. The van der Waals surface area contributed by atoms with Gasteiger partial charge in [0.25, 0.3) is 0 Å². The minimum atomic E-state index is -3.47. The lowest BCUT2D eigenvalue weighted by Crippen LogP contribution is -2.41. The Morgan fingerprint density at radius 1 is 1.22 bits per heavy atom. The summed E-state index contributed by atoms with van der Waals surface area (Å²) in [5, 5.41) is 0. The van der Waals surface area contributed by atoms with Crippen molar-refractivity contribution in [2.45, 2.75) is 30.8 Å². The van der Waals surface area contributed by atoms with Gasteiger partial charge in [0.05, 0.1) is 31.3 Å². The summed E-state index contributed by atoms with van der Waals surface area (Å²) < 4.78 is 42.9. The van der Waals surface area contributed by atoms with Gasteiger partial charge in [-0.25, -0.2) is 8.42 Å². The Morgan fingerprint density at radius 3 is 2.61 bits per heavy atom. The second-order valence-corrected chi connectivity index (χ2v) is 7.29. The summed E-state index contributed by atoms with van der Waals surface area (Å²) in [7, 11) is -1.95. The van der Waals surface area contributed by atoms with E-state index in [4.69, 9.17) is 14.2 Å². The third-order valence-electron chi connectivity index (χ3n) is 3.87. The monoisotopic (exact) mass is 343 g/mol. The van der Waals surface area contributed by atoms with Crippen molar-refractivity contribution in [3.8, 4) is 5.75 Å². The summed E-state index contributed by atoms with van der Waals surface area (Å²) in [5.41, 5.74) is 0. The van der Waals surface area contributed by atoms with Gasteiger partial charge in [0.2, 0.25) is 10.0 Å². The fourth-order valence-corrected chi connectivity index (χ4v) is 4.07. The molecule has 2 rings (SSSR count). The fourth-order valence-electron chi connectivity index (χ4n) is 2.57. The molecule has 1 aliphatic rings. The van der Waals surface area contributed by atoms with Gasteiger partial charge >= 0.3 is 0 Å². The van der Waals surface area contributed by atoms with E-state index in [2.05, 4.69) is 0 Å². The fraction of sp³-hybridized carbons (Fsp3) is 0.625. The molecule has 7 heteroatoms. The van der Waals surface area contributed by atoms with Crippen LogP contribution in [0.3, 0.4) is 0 Å². The van der Waals surface area contributed by atoms with Gasteiger partial charge in [-0.2, -0.15) is 4.31 Å². The van der Waals surface area contributed by atoms with Gasteiger partial charge in [-0.15, -0.1) is 0 Å². The Kier molecular flexibility index (Phi) is 6.83. The predicted octanol–water partition coefficient (Wildman–Crippen LogP) is 1.90. The molecular formula is C16H25NO5S. The first-order valence-electron chi connectivity index (χ1n) is 7.91. The Balaban J connectivity index is 1.90. The summed E-state index contributed by atoms with van der Waals surface area (Å²) >= 11 is 0. The van der Waals surface area contributed by atoms with E-state index in [0.29, 0.717) is 51.5 Å². The first kappa shape index (κ1) is 18.2. The van der Waals surface area contributed by atoms with Crippen LogP contribution >= 0.6 is 0 Å². The number of hydrogen-bond donors (Lipinski definition) is 0. The number of sulfonamides is 1. The van der Waals surface area contributed by atoms with E-state index in [0.717, 1.165) is 0 Å². The molecule has 0 bridgehead atoms. The van der Waals surface area contributed by atoms with Crippen LogP contribution in [-0.4, -0.2) is 58.8 Å². The van der Waals surface area contributed by atoms with Crippen LogP contribution in [-0.2, 0) is 19.5 Å². The molecule has 0 saturated carbocycles. The standard InChI is InChI=1S/C16H25NO5S/c1-3-21-11-12-22-14-7-9-17(10-8-14)23(18,19)16-6-4-5-15(13-16)20-2/h4-6,13-14H,3,7-12H2,1-2H3. The Morgan fingerprint density at radius 2 is 1.96 bits per heavy atom. The Bertz CT molecular complexity index is 582. The van der Waals surface area contributed by atoms with Crippen LogP contribution in [0.4, 0.5) is 0 Å². The number of ether oxygens (including phenoxy) is 3. The Labute approximate surface area is 138 Å². The first-order chi connectivity index (χ1) is 11.1. The van der Waals surface area contributed by atoms with Crippen LogP contribution < -0.4 is 4.74 Å². The van der Waals surface area contributed by atoms with E-state index >= 15 is 0 Å².